The fourth-order valence-electron chi connectivity index (χ4n) is 2.86. The standard InChI is InChI=1S/C21H18N2O2S2/c1-2-25-18-11-7-6-8-15(18)14-27-21-22-19-17(12-13-26-19)20(24)23(21)16-9-4-3-5-10-16/h3-13H,2,14H2,1H3. The minimum absolute atomic E-state index is 0.0342. The number of ether oxygens (including phenoxy) is 1. The van der Waals surface area contributed by atoms with Gasteiger partial charge >= 0.3 is 0 Å². The average molecular weight is 395 g/mol. The molecule has 0 aliphatic carbocycles. The lowest BCUT2D eigenvalue weighted by Gasteiger charge is -2.13. The Morgan fingerprint density at radius 1 is 1.07 bits per heavy atom. The molecule has 0 radical (unpaired) electrons. The van der Waals surface area contributed by atoms with Gasteiger partial charge in [-0.15, -0.1) is 11.3 Å². The van der Waals surface area contributed by atoms with Gasteiger partial charge in [0.1, 0.15) is 10.6 Å². The van der Waals surface area contributed by atoms with Crippen LogP contribution in [0, 0.1) is 0 Å². The summed E-state index contributed by atoms with van der Waals surface area (Å²) in [6, 6.07) is 19.5. The number of hydrogen-bond donors (Lipinski definition) is 0. The molecule has 136 valence electrons. The smallest absolute Gasteiger partial charge is 0.267 e. The lowest BCUT2D eigenvalue weighted by Crippen LogP contribution is -2.21. The topological polar surface area (TPSA) is 44.1 Å². The Balaban J connectivity index is 1.76. The van der Waals surface area contributed by atoms with Crippen molar-refractivity contribution in [1.82, 2.24) is 9.55 Å². The highest BCUT2D eigenvalue weighted by atomic mass is 32.2. The third-order valence-electron chi connectivity index (χ3n) is 4.11. The zero-order chi connectivity index (χ0) is 18.6. The van der Waals surface area contributed by atoms with Gasteiger partial charge < -0.3 is 4.74 Å². The summed E-state index contributed by atoms with van der Waals surface area (Å²) in [5.74, 6) is 1.55. The molecule has 0 aliphatic rings. The number of benzene rings is 2. The number of aromatic nitrogens is 2. The average Bonchev–Trinajstić information content (AvgIpc) is 3.17. The van der Waals surface area contributed by atoms with Crippen LogP contribution in [-0.4, -0.2) is 16.2 Å². The van der Waals surface area contributed by atoms with Gasteiger partial charge in [0.2, 0.25) is 0 Å². The second kappa shape index (κ2) is 7.98. The number of fused-ring (bicyclic) bond motifs is 1. The maximum atomic E-state index is 13.1. The molecule has 6 heteroatoms. The predicted molar refractivity (Wildman–Crippen MR) is 112 cm³/mol. The summed E-state index contributed by atoms with van der Waals surface area (Å²) >= 11 is 3.04. The highest BCUT2D eigenvalue weighted by Gasteiger charge is 2.15. The number of para-hydroxylation sites is 2. The summed E-state index contributed by atoms with van der Waals surface area (Å²) < 4.78 is 7.42. The zero-order valence-electron chi connectivity index (χ0n) is 14.8. The molecule has 0 saturated heterocycles. The fourth-order valence-corrected chi connectivity index (χ4v) is 4.67. The quantitative estimate of drug-likeness (QED) is 0.336. The van der Waals surface area contributed by atoms with Crippen molar-refractivity contribution in [2.45, 2.75) is 17.8 Å². The Bertz CT molecular complexity index is 1120. The number of thioether (sulfide) groups is 1. The second-order valence-electron chi connectivity index (χ2n) is 5.84. The van der Waals surface area contributed by atoms with Crippen molar-refractivity contribution in [3.05, 3.63) is 82.0 Å². The molecule has 0 aliphatic heterocycles. The molecule has 2 heterocycles. The summed E-state index contributed by atoms with van der Waals surface area (Å²) in [5, 5.41) is 3.25. The normalized spacial score (nSPS) is 11.0. The van der Waals surface area contributed by atoms with Crippen LogP contribution in [0.3, 0.4) is 0 Å². The van der Waals surface area contributed by atoms with E-state index in [4.69, 9.17) is 9.72 Å². The molecule has 0 N–H and O–H groups in total. The summed E-state index contributed by atoms with van der Waals surface area (Å²) in [5.41, 5.74) is 1.88. The van der Waals surface area contributed by atoms with E-state index >= 15 is 0 Å². The molecular weight excluding hydrogens is 376 g/mol. The Labute approximate surface area is 165 Å². The number of thiophene rings is 1. The van der Waals surface area contributed by atoms with E-state index in [0.29, 0.717) is 22.9 Å². The van der Waals surface area contributed by atoms with Crippen molar-refractivity contribution in [2.75, 3.05) is 6.61 Å². The summed E-state index contributed by atoms with van der Waals surface area (Å²) in [6.45, 7) is 2.60. The van der Waals surface area contributed by atoms with E-state index in [0.717, 1.165) is 21.8 Å². The van der Waals surface area contributed by atoms with E-state index in [1.54, 1.807) is 16.3 Å². The van der Waals surface area contributed by atoms with Gasteiger partial charge in [0.25, 0.3) is 5.56 Å². The SMILES string of the molecule is CCOc1ccccc1CSc1nc2sccc2c(=O)n1-c1ccccc1. The van der Waals surface area contributed by atoms with Gasteiger partial charge in [0.05, 0.1) is 17.7 Å². The first-order valence-electron chi connectivity index (χ1n) is 8.67. The van der Waals surface area contributed by atoms with Gasteiger partial charge in [-0.25, -0.2) is 4.98 Å². The van der Waals surface area contributed by atoms with Crippen LogP contribution >= 0.6 is 23.1 Å². The van der Waals surface area contributed by atoms with E-state index in [-0.39, 0.29) is 5.56 Å². The molecule has 0 saturated carbocycles. The molecule has 0 atom stereocenters. The third-order valence-corrected chi connectivity index (χ3v) is 5.90. The molecule has 27 heavy (non-hydrogen) atoms. The fraction of sp³-hybridized carbons (Fsp3) is 0.143. The van der Waals surface area contributed by atoms with Gasteiger partial charge in [0, 0.05) is 11.3 Å². The van der Waals surface area contributed by atoms with Crippen LogP contribution in [-0.2, 0) is 5.75 Å². The second-order valence-corrected chi connectivity index (χ2v) is 7.68. The first-order valence-corrected chi connectivity index (χ1v) is 10.5. The first-order chi connectivity index (χ1) is 13.3. The molecule has 4 nitrogen and oxygen atoms in total. The van der Waals surface area contributed by atoms with Crippen molar-refractivity contribution < 1.29 is 4.74 Å². The molecule has 0 spiro atoms. The summed E-state index contributed by atoms with van der Waals surface area (Å²) in [4.78, 5) is 18.6. The van der Waals surface area contributed by atoms with Gasteiger partial charge in [-0.1, -0.05) is 48.2 Å². The van der Waals surface area contributed by atoms with Crippen molar-refractivity contribution in [1.29, 1.82) is 0 Å². The molecule has 4 aromatic rings. The van der Waals surface area contributed by atoms with Crippen molar-refractivity contribution in [3.8, 4) is 11.4 Å². The monoisotopic (exact) mass is 394 g/mol. The van der Waals surface area contributed by atoms with Gasteiger partial charge in [0.15, 0.2) is 5.16 Å². The Kier molecular flexibility index (Phi) is 5.27. The molecule has 0 amide bonds. The lowest BCUT2D eigenvalue weighted by atomic mass is 10.2. The minimum Gasteiger partial charge on any atom is -0.494 e. The van der Waals surface area contributed by atoms with E-state index in [1.807, 2.05) is 73.0 Å². The third kappa shape index (κ3) is 3.63. The number of rotatable bonds is 6. The first kappa shape index (κ1) is 17.8. The Hall–Kier alpha value is -2.57. The molecule has 2 aromatic heterocycles. The van der Waals surface area contributed by atoms with Crippen LogP contribution in [0.5, 0.6) is 5.75 Å². The number of hydrogen-bond acceptors (Lipinski definition) is 5. The van der Waals surface area contributed by atoms with Crippen molar-refractivity contribution in [3.63, 3.8) is 0 Å². The van der Waals surface area contributed by atoms with Crippen molar-refractivity contribution in [2.24, 2.45) is 0 Å². The van der Waals surface area contributed by atoms with Crippen LogP contribution in [0.2, 0.25) is 0 Å². The summed E-state index contributed by atoms with van der Waals surface area (Å²) in [7, 11) is 0. The largest absolute Gasteiger partial charge is 0.494 e. The minimum atomic E-state index is -0.0342. The van der Waals surface area contributed by atoms with Crippen LogP contribution in [0.1, 0.15) is 12.5 Å². The lowest BCUT2D eigenvalue weighted by molar-refractivity contribution is 0.337. The molecular formula is C21H18N2O2S2. The maximum Gasteiger partial charge on any atom is 0.267 e. The Morgan fingerprint density at radius 2 is 1.85 bits per heavy atom. The molecule has 0 unspecified atom stereocenters. The highest BCUT2D eigenvalue weighted by Crippen LogP contribution is 2.29. The van der Waals surface area contributed by atoms with Crippen LogP contribution in [0.15, 0.2) is 76.0 Å². The molecule has 2 aromatic carbocycles. The predicted octanol–water partition coefficient (Wildman–Crippen LogP) is 5.14. The van der Waals surface area contributed by atoms with E-state index in [2.05, 4.69) is 0 Å². The molecule has 0 fully saturated rings. The number of nitrogens with zero attached hydrogens (tertiary/aromatic N) is 2. The van der Waals surface area contributed by atoms with E-state index < -0.39 is 0 Å². The van der Waals surface area contributed by atoms with Gasteiger partial charge in [-0.05, 0) is 36.6 Å². The maximum absolute atomic E-state index is 13.1. The van der Waals surface area contributed by atoms with Crippen LogP contribution in [0.4, 0.5) is 0 Å². The van der Waals surface area contributed by atoms with Crippen LogP contribution < -0.4 is 10.3 Å². The van der Waals surface area contributed by atoms with Gasteiger partial charge in [-0.2, -0.15) is 0 Å². The van der Waals surface area contributed by atoms with Crippen molar-refractivity contribution >= 4 is 33.3 Å². The molecule has 4 rings (SSSR count). The molecule has 0 bridgehead atoms. The van der Waals surface area contributed by atoms with E-state index in [1.165, 1.54) is 11.3 Å². The van der Waals surface area contributed by atoms with E-state index in [9.17, 15) is 4.79 Å². The highest BCUT2D eigenvalue weighted by molar-refractivity contribution is 7.98. The zero-order valence-corrected chi connectivity index (χ0v) is 16.4. The van der Waals surface area contributed by atoms with Crippen LogP contribution in [0.25, 0.3) is 15.9 Å². The van der Waals surface area contributed by atoms with Gasteiger partial charge in [-0.3, -0.25) is 9.36 Å². The Morgan fingerprint density at radius 3 is 2.67 bits per heavy atom. The summed E-state index contributed by atoms with van der Waals surface area (Å²) in [6.07, 6.45) is 0.